The summed E-state index contributed by atoms with van der Waals surface area (Å²) in [6.45, 7) is 0.187. The van der Waals surface area contributed by atoms with Crippen LogP contribution in [0.25, 0.3) is 0 Å². The van der Waals surface area contributed by atoms with Crippen LogP contribution in [0.3, 0.4) is 0 Å². The Morgan fingerprint density at radius 3 is 2.58 bits per heavy atom. The molecule has 0 unspecified atom stereocenters. The van der Waals surface area contributed by atoms with Crippen LogP contribution in [0.1, 0.15) is 10.4 Å². The van der Waals surface area contributed by atoms with Crippen molar-refractivity contribution in [3.8, 4) is 5.75 Å². The second-order valence-electron chi connectivity index (χ2n) is 4.81. The number of ether oxygens (including phenoxy) is 1. The van der Waals surface area contributed by atoms with Gasteiger partial charge in [-0.05, 0) is 30.3 Å². The maximum atomic E-state index is 12.1. The van der Waals surface area contributed by atoms with Crippen molar-refractivity contribution in [2.45, 2.75) is 4.90 Å². The molecule has 0 atom stereocenters. The number of benzene rings is 2. The van der Waals surface area contributed by atoms with Crippen LogP contribution in [0.15, 0.2) is 53.4 Å². The molecule has 0 saturated heterocycles. The molecular formula is C16H17ClN2O4S. The molecule has 1 amide bonds. The largest absolute Gasteiger partial charge is 0.496 e. The molecule has 6 nitrogen and oxygen atoms in total. The zero-order valence-electron chi connectivity index (χ0n) is 13.0. The first-order chi connectivity index (χ1) is 11.4. The number of methoxy groups -OCH3 is 1. The van der Waals surface area contributed by atoms with Crippen LogP contribution in [0.5, 0.6) is 5.75 Å². The van der Waals surface area contributed by atoms with E-state index in [4.69, 9.17) is 16.3 Å². The number of halogens is 1. The SMILES string of the molecule is COc1ccccc1C(=O)NCCNS(=O)(=O)c1cccc(Cl)c1. The van der Waals surface area contributed by atoms with Gasteiger partial charge in [0.05, 0.1) is 17.6 Å². The fraction of sp³-hybridized carbons (Fsp3) is 0.188. The summed E-state index contributed by atoms with van der Waals surface area (Å²) in [5, 5.41) is 2.97. The zero-order chi connectivity index (χ0) is 17.6. The van der Waals surface area contributed by atoms with Crippen LogP contribution < -0.4 is 14.8 Å². The Bertz CT molecular complexity index is 824. The molecule has 0 radical (unpaired) electrons. The molecular weight excluding hydrogens is 352 g/mol. The fourth-order valence-corrected chi connectivity index (χ4v) is 3.34. The lowest BCUT2D eigenvalue weighted by molar-refractivity contribution is 0.0951. The van der Waals surface area contributed by atoms with E-state index < -0.39 is 10.0 Å². The van der Waals surface area contributed by atoms with E-state index in [0.717, 1.165) is 0 Å². The van der Waals surface area contributed by atoms with E-state index in [1.165, 1.54) is 19.2 Å². The van der Waals surface area contributed by atoms with Crippen molar-refractivity contribution < 1.29 is 17.9 Å². The molecule has 24 heavy (non-hydrogen) atoms. The summed E-state index contributed by atoms with van der Waals surface area (Å²) in [5.74, 6) is 0.115. The lowest BCUT2D eigenvalue weighted by atomic mass is 10.2. The molecule has 0 aliphatic heterocycles. The monoisotopic (exact) mass is 368 g/mol. The highest BCUT2D eigenvalue weighted by atomic mass is 35.5. The van der Waals surface area contributed by atoms with Crippen LogP contribution in [0, 0.1) is 0 Å². The molecule has 0 heterocycles. The highest BCUT2D eigenvalue weighted by Gasteiger charge is 2.14. The molecule has 2 aromatic carbocycles. The van der Waals surface area contributed by atoms with Gasteiger partial charge in [0.1, 0.15) is 5.75 Å². The van der Waals surface area contributed by atoms with Crippen LogP contribution in [0.4, 0.5) is 0 Å². The number of carbonyl (C=O) groups excluding carboxylic acids is 1. The fourth-order valence-electron chi connectivity index (χ4n) is 2.01. The average Bonchev–Trinajstić information content (AvgIpc) is 2.58. The highest BCUT2D eigenvalue weighted by molar-refractivity contribution is 7.89. The average molecular weight is 369 g/mol. The summed E-state index contributed by atoms with van der Waals surface area (Å²) in [4.78, 5) is 12.2. The predicted molar refractivity (Wildman–Crippen MR) is 92.0 cm³/mol. The summed E-state index contributed by atoms with van der Waals surface area (Å²) >= 11 is 5.79. The number of amides is 1. The van der Waals surface area contributed by atoms with Crippen LogP contribution >= 0.6 is 11.6 Å². The van der Waals surface area contributed by atoms with Crippen molar-refractivity contribution in [2.24, 2.45) is 0 Å². The van der Waals surface area contributed by atoms with Gasteiger partial charge in [-0.2, -0.15) is 0 Å². The maximum absolute atomic E-state index is 12.1. The number of hydrogen-bond donors (Lipinski definition) is 2. The third kappa shape index (κ3) is 4.70. The van der Waals surface area contributed by atoms with Gasteiger partial charge < -0.3 is 10.1 Å². The molecule has 0 spiro atoms. The highest BCUT2D eigenvalue weighted by Crippen LogP contribution is 2.17. The summed E-state index contributed by atoms with van der Waals surface area (Å²) < 4.78 is 31.7. The van der Waals surface area contributed by atoms with Crippen molar-refractivity contribution >= 4 is 27.5 Å². The second kappa shape index (κ2) is 8.14. The van der Waals surface area contributed by atoms with Gasteiger partial charge in [-0.15, -0.1) is 0 Å². The molecule has 2 rings (SSSR count). The Labute approximate surface area is 145 Å². The molecule has 0 aliphatic carbocycles. The maximum Gasteiger partial charge on any atom is 0.255 e. The van der Waals surface area contributed by atoms with Gasteiger partial charge in [0, 0.05) is 18.1 Å². The third-order valence-electron chi connectivity index (χ3n) is 3.16. The van der Waals surface area contributed by atoms with E-state index in [0.29, 0.717) is 16.3 Å². The number of sulfonamides is 1. The molecule has 8 heteroatoms. The van der Waals surface area contributed by atoms with Crippen molar-refractivity contribution in [2.75, 3.05) is 20.2 Å². The minimum absolute atomic E-state index is 0.0513. The lowest BCUT2D eigenvalue weighted by Crippen LogP contribution is -2.34. The first-order valence-corrected chi connectivity index (χ1v) is 8.96. The summed E-state index contributed by atoms with van der Waals surface area (Å²) in [7, 11) is -2.19. The summed E-state index contributed by atoms with van der Waals surface area (Å²) in [6, 6.07) is 12.7. The van der Waals surface area contributed by atoms with Crippen molar-refractivity contribution in [1.82, 2.24) is 10.0 Å². The van der Waals surface area contributed by atoms with Crippen LogP contribution in [0.2, 0.25) is 5.02 Å². The Morgan fingerprint density at radius 2 is 1.88 bits per heavy atom. The molecule has 128 valence electrons. The molecule has 0 saturated carbocycles. The molecule has 0 aromatic heterocycles. The number of hydrogen-bond acceptors (Lipinski definition) is 4. The molecule has 2 aromatic rings. The van der Waals surface area contributed by atoms with Crippen LogP contribution in [-0.4, -0.2) is 34.5 Å². The van der Waals surface area contributed by atoms with E-state index in [1.54, 1.807) is 36.4 Å². The Balaban J connectivity index is 1.89. The van der Waals surface area contributed by atoms with Gasteiger partial charge in [-0.3, -0.25) is 4.79 Å². The smallest absolute Gasteiger partial charge is 0.255 e. The van der Waals surface area contributed by atoms with Crippen molar-refractivity contribution in [3.63, 3.8) is 0 Å². The van der Waals surface area contributed by atoms with E-state index in [-0.39, 0.29) is 23.9 Å². The molecule has 0 bridgehead atoms. The molecule has 0 aliphatic rings. The second-order valence-corrected chi connectivity index (χ2v) is 7.01. The number of carbonyl (C=O) groups is 1. The Morgan fingerprint density at radius 1 is 1.12 bits per heavy atom. The van der Waals surface area contributed by atoms with Crippen molar-refractivity contribution in [3.05, 3.63) is 59.1 Å². The van der Waals surface area contributed by atoms with Gasteiger partial charge in [0.25, 0.3) is 5.91 Å². The van der Waals surface area contributed by atoms with Crippen LogP contribution in [-0.2, 0) is 10.0 Å². The first-order valence-electron chi connectivity index (χ1n) is 7.10. The van der Waals surface area contributed by atoms with E-state index in [2.05, 4.69) is 10.0 Å². The summed E-state index contributed by atoms with van der Waals surface area (Å²) in [6.07, 6.45) is 0. The summed E-state index contributed by atoms with van der Waals surface area (Å²) in [5.41, 5.74) is 0.387. The van der Waals surface area contributed by atoms with Gasteiger partial charge >= 0.3 is 0 Å². The van der Waals surface area contributed by atoms with E-state index in [9.17, 15) is 13.2 Å². The van der Waals surface area contributed by atoms with Gasteiger partial charge in [-0.25, -0.2) is 13.1 Å². The van der Waals surface area contributed by atoms with Gasteiger partial charge in [0.15, 0.2) is 0 Å². The topological polar surface area (TPSA) is 84.5 Å². The zero-order valence-corrected chi connectivity index (χ0v) is 14.5. The number of para-hydroxylation sites is 1. The van der Waals surface area contributed by atoms with Crippen molar-refractivity contribution in [1.29, 1.82) is 0 Å². The number of rotatable bonds is 7. The minimum atomic E-state index is -3.67. The van der Waals surface area contributed by atoms with Gasteiger partial charge in [-0.1, -0.05) is 29.8 Å². The number of nitrogens with one attached hydrogen (secondary N) is 2. The van der Waals surface area contributed by atoms with Gasteiger partial charge in [0.2, 0.25) is 10.0 Å². The minimum Gasteiger partial charge on any atom is -0.496 e. The molecule has 2 N–H and O–H groups in total. The van der Waals surface area contributed by atoms with E-state index >= 15 is 0 Å². The standard InChI is InChI=1S/C16H17ClN2O4S/c1-23-15-8-3-2-7-14(15)16(20)18-9-10-19-24(21,22)13-6-4-5-12(17)11-13/h2-8,11,19H,9-10H2,1H3,(H,18,20). The van der Waals surface area contributed by atoms with E-state index in [1.807, 2.05) is 0 Å². The quantitative estimate of drug-likeness (QED) is 0.732. The lowest BCUT2D eigenvalue weighted by Gasteiger charge is -2.10. The third-order valence-corrected chi connectivity index (χ3v) is 4.85. The predicted octanol–water partition coefficient (Wildman–Crippen LogP) is 2.06. The first kappa shape index (κ1) is 18.3. The Hall–Kier alpha value is -2.09. The molecule has 0 fully saturated rings. The Kier molecular flexibility index (Phi) is 6.19. The normalized spacial score (nSPS) is 11.1.